The van der Waals surface area contributed by atoms with Crippen LogP contribution in [0.15, 0.2) is 48.5 Å². The summed E-state index contributed by atoms with van der Waals surface area (Å²) in [6.07, 6.45) is 2.58. The Morgan fingerprint density at radius 2 is 1.91 bits per heavy atom. The Kier molecular flexibility index (Phi) is 3.58. The Morgan fingerprint density at radius 3 is 2.74 bits per heavy atom. The zero-order chi connectivity index (χ0) is 15.8. The predicted molar refractivity (Wildman–Crippen MR) is 93.9 cm³/mol. The van der Waals surface area contributed by atoms with Gasteiger partial charge in [-0.15, -0.1) is 0 Å². The van der Waals surface area contributed by atoms with Gasteiger partial charge in [0.25, 0.3) is 0 Å². The fourth-order valence-corrected chi connectivity index (χ4v) is 3.50. The lowest BCUT2D eigenvalue weighted by Crippen LogP contribution is -2.28. The van der Waals surface area contributed by atoms with Crippen LogP contribution in [0.5, 0.6) is 0 Å². The van der Waals surface area contributed by atoms with E-state index in [1.807, 2.05) is 24.3 Å². The number of halogens is 1. The molecule has 2 aromatic carbocycles. The van der Waals surface area contributed by atoms with E-state index in [-0.39, 0.29) is 11.8 Å². The summed E-state index contributed by atoms with van der Waals surface area (Å²) in [5, 5.41) is 4.91. The third-order valence-corrected chi connectivity index (χ3v) is 4.83. The molecular formula is C19H17ClN2O. The van der Waals surface area contributed by atoms with E-state index in [1.54, 1.807) is 12.1 Å². The SMILES string of the molecule is O=C(Nc1ccc(Cl)cc1)C1CCc2[nH]c3ccccc3c2C1. The average Bonchev–Trinajstić information content (AvgIpc) is 2.94. The minimum Gasteiger partial charge on any atom is -0.358 e. The third-order valence-electron chi connectivity index (χ3n) is 4.58. The number of aromatic nitrogens is 1. The van der Waals surface area contributed by atoms with Crippen molar-refractivity contribution in [1.29, 1.82) is 0 Å². The van der Waals surface area contributed by atoms with Gasteiger partial charge >= 0.3 is 0 Å². The molecule has 3 nitrogen and oxygen atoms in total. The Bertz CT molecular complexity index is 867. The molecule has 0 bridgehead atoms. The summed E-state index contributed by atoms with van der Waals surface area (Å²) < 4.78 is 0. The molecule has 116 valence electrons. The zero-order valence-electron chi connectivity index (χ0n) is 12.6. The molecule has 1 unspecified atom stereocenters. The maximum atomic E-state index is 12.6. The van der Waals surface area contributed by atoms with Gasteiger partial charge in [-0.1, -0.05) is 29.8 Å². The first-order valence-corrected chi connectivity index (χ1v) is 8.23. The number of amides is 1. The van der Waals surface area contributed by atoms with Gasteiger partial charge in [0.2, 0.25) is 5.91 Å². The van der Waals surface area contributed by atoms with Crippen LogP contribution in [-0.2, 0) is 17.6 Å². The number of para-hydroxylation sites is 1. The zero-order valence-corrected chi connectivity index (χ0v) is 13.4. The largest absolute Gasteiger partial charge is 0.358 e. The van der Waals surface area contributed by atoms with Gasteiger partial charge in [0.15, 0.2) is 0 Å². The second kappa shape index (κ2) is 5.74. The van der Waals surface area contributed by atoms with Crippen LogP contribution in [0.4, 0.5) is 5.69 Å². The van der Waals surface area contributed by atoms with E-state index in [0.717, 1.165) is 30.5 Å². The number of rotatable bonds is 2. The Morgan fingerprint density at radius 1 is 1.13 bits per heavy atom. The van der Waals surface area contributed by atoms with Crippen LogP contribution < -0.4 is 5.32 Å². The van der Waals surface area contributed by atoms with E-state index in [0.29, 0.717) is 5.02 Å². The van der Waals surface area contributed by atoms with Crippen LogP contribution >= 0.6 is 11.6 Å². The molecule has 4 heteroatoms. The quantitative estimate of drug-likeness (QED) is 0.713. The van der Waals surface area contributed by atoms with Gasteiger partial charge in [-0.25, -0.2) is 0 Å². The summed E-state index contributed by atoms with van der Waals surface area (Å²) in [5.74, 6) is 0.0978. The lowest BCUT2D eigenvalue weighted by atomic mass is 9.86. The fraction of sp³-hybridized carbons (Fsp3) is 0.211. The summed E-state index contributed by atoms with van der Waals surface area (Å²) in [4.78, 5) is 16.1. The Balaban J connectivity index is 1.55. The average molecular weight is 325 g/mol. The van der Waals surface area contributed by atoms with Crippen LogP contribution in [0.2, 0.25) is 5.02 Å². The lowest BCUT2D eigenvalue weighted by molar-refractivity contribution is -0.120. The maximum Gasteiger partial charge on any atom is 0.227 e. The minimum atomic E-state index is 0.0115. The van der Waals surface area contributed by atoms with E-state index < -0.39 is 0 Å². The van der Waals surface area contributed by atoms with Crippen molar-refractivity contribution in [1.82, 2.24) is 4.98 Å². The topological polar surface area (TPSA) is 44.9 Å². The maximum absolute atomic E-state index is 12.6. The molecule has 1 aromatic heterocycles. The van der Waals surface area contributed by atoms with Crippen LogP contribution in [0.25, 0.3) is 10.9 Å². The van der Waals surface area contributed by atoms with Gasteiger partial charge in [-0.05, 0) is 55.2 Å². The van der Waals surface area contributed by atoms with E-state index in [9.17, 15) is 4.79 Å². The number of carbonyl (C=O) groups excluding carboxylic acids is 1. The Labute approximate surface area is 139 Å². The number of H-pyrrole nitrogens is 1. The van der Waals surface area contributed by atoms with Crippen molar-refractivity contribution >= 4 is 34.1 Å². The second-order valence-electron chi connectivity index (χ2n) is 6.06. The number of fused-ring (bicyclic) bond motifs is 3. The first kappa shape index (κ1) is 14.3. The van der Waals surface area contributed by atoms with Crippen LogP contribution in [0.3, 0.4) is 0 Å². The lowest BCUT2D eigenvalue weighted by Gasteiger charge is -2.22. The highest BCUT2D eigenvalue weighted by Crippen LogP contribution is 2.32. The van der Waals surface area contributed by atoms with Gasteiger partial charge < -0.3 is 10.3 Å². The molecule has 0 aliphatic heterocycles. The summed E-state index contributed by atoms with van der Waals surface area (Å²) >= 11 is 5.88. The van der Waals surface area contributed by atoms with Gasteiger partial charge in [0, 0.05) is 33.2 Å². The Hall–Kier alpha value is -2.26. The number of anilines is 1. The number of aromatic amines is 1. The molecule has 0 saturated heterocycles. The van der Waals surface area contributed by atoms with E-state index >= 15 is 0 Å². The minimum absolute atomic E-state index is 0.0115. The highest BCUT2D eigenvalue weighted by Gasteiger charge is 2.27. The van der Waals surface area contributed by atoms with Crippen LogP contribution in [0, 0.1) is 5.92 Å². The molecule has 0 radical (unpaired) electrons. The van der Waals surface area contributed by atoms with E-state index in [1.165, 1.54) is 16.6 Å². The van der Waals surface area contributed by atoms with Gasteiger partial charge in [-0.3, -0.25) is 4.79 Å². The highest BCUT2D eigenvalue weighted by atomic mass is 35.5. The summed E-state index contributed by atoms with van der Waals surface area (Å²) in [6.45, 7) is 0. The molecule has 23 heavy (non-hydrogen) atoms. The highest BCUT2D eigenvalue weighted by molar-refractivity contribution is 6.30. The number of benzene rings is 2. The van der Waals surface area contributed by atoms with Gasteiger partial charge in [-0.2, -0.15) is 0 Å². The van der Waals surface area contributed by atoms with Crippen molar-refractivity contribution in [2.75, 3.05) is 5.32 Å². The van der Waals surface area contributed by atoms with E-state index in [2.05, 4.69) is 22.4 Å². The summed E-state index contributed by atoms with van der Waals surface area (Å²) in [7, 11) is 0. The molecule has 0 fully saturated rings. The van der Waals surface area contributed by atoms with Crippen molar-refractivity contribution in [3.05, 3.63) is 64.8 Å². The number of aryl methyl sites for hydroxylation is 1. The first-order valence-electron chi connectivity index (χ1n) is 7.85. The number of carbonyl (C=O) groups is 1. The molecular weight excluding hydrogens is 308 g/mol. The first-order chi connectivity index (χ1) is 11.2. The molecule has 0 saturated carbocycles. The van der Waals surface area contributed by atoms with Crippen LogP contribution in [0.1, 0.15) is 17.7 Å². The normalized spacial score (nSPS) is 17.0. The molecule has 1 aliphatic rings. The number of hydrogen-bond donors (Lipinski definition) is 2. The van der Waals surface area contributed by atoms with Crippen LogP contribution in [-0.4, -0.2) is 10.9 Å². The molecule has 1 aliphatic carbocycles. The molecule has 0 spiro atoms. The third kappa shape index (κ3) is 2.73. The van der Waals surface area contributed by atoms with Gasteiger partial charge in [0.1, 0.15) is 0 Å². The fourth-order valence-electron chi connectivity index (χ4n) is 3.37. The van der Waals surface area contributed by atoms with Crippen molar-refractivity contribution in [3.8, 4) is 0 Å². The monoisotopic (exact) mass is 324 g/mol. The van der Waals surface area contributed by atoms with E-state index in [4.69, 9.17) is 11.6 Å². The number of nitrogens with one attached hydrogen (secondary N) is 2. The number of hydrogen-bond acceptors (Lipinski definition) is 1. The van der Waals surface area contributed by atoms with Crippen molar-refractivity contribution in [3.63, 3.8) is 0 Å². The standard InChI is InChI=1S/C19H17ClN2O/c20-13-6-8-14(9-7-13)21-19(23)12-5-10-18-16(11-12)15-3-1-2-4-17(15)22-18/h1-4,6-9,12,22H,5,10-11H2,(H,21,23). The summed E-state index contributed by atoms with van der Waals surface area (Å²) in [6, 6.07) is 15.6. The molecule has 1 heterocycles. The second-order valence-corrected chi connectivity index (χ2v) is 6.50. The van der Waals surface area contributed by atoms with Crippen molar-refractivity contribution < 1.29 is 4.79 Å². The predicted octanol–water partition coefficient (Wildman–Crippen LogP) is 4.56. The van der Waals surface area contributed by atoms with Gasteiger partial charge in [0.05, 0.1) is 0 Å². The smallest absolute Gasteiger partial charge is 0.227 e. The molecule has 1 amide bonds. The molecule has 4 rings (SSSR count). The summed E-state index contributed by atoms with van der Waals surface area (Å²) in [5.41, 5.74) is 4.53. The van der Waals surface area contributed by atoms with Crippen molar-refractivity contribution in [2.24, 2.45) is 5.92 Å². The molecule has 3 aromatic rings. The van der Waals surface area contributed by atoms with Crippen molar-refractivity contribution in [2.45, 2.75) is 19.3 Å². The molecule has 2 N–H and O–H groups in total. The molecule has 1 atom stereocenters.